The van der Waals surface area contributed by atoms with Gasteiger partial charge in [0.15, 0.2) is 5.79 Å². The number of aliphatic hydroxyl groups is 1. The van der Waals surface area contributed by atoms with E-state index in [1.54, 1.807) is 7.11 Å². The summed E-state index contributed by atoms with van der Waals surface area (Å²) in [6.45, 7) is 4.05. The van der Waals surface area contributed by atoms with E-state index in [-0.39, 0.29) is 5.92 Å². The van der Waals surface area contributed by atoms with Crippen LogP contribution in [0.15, 0.2) is 0 Å². The molecule has 1 rings (SSSR count). The summed E-state index contributed by atoms with van der Waals surface area (Å²) in [5, 5.41) is 10.3. The largest absolute Gasteiger partial charge is 0.365 e. The summed E-state index contributed by atoms with van der Waals surface area (Å²) in [5.74, 6) is -0.368. The van der Waals surface area contributed by atoms with Gasteiger partial charge in [-0.05, 0) is 12.8 Å². The van der Waals surface area contributed by atoms with Crippen LogP contribution >= 0.6 is 0 Å². The predicted molar refractivity (Wildman–Crippen MR) is 53.4 cm³/mol. The fourth-order valence-electron chi connectivity index (χ4n) is 2.39. The Kier molecular flexibility index (Phi) is 3.74. The second kappa shape index (κ2) is 4.43. The summed E-state index contributed by atoms with van der Waals surface area (Å²) in [6, 6.07) is 0. The Labute approximate surface area is 81.3 Å². The summed E-state index contributed by atoms with van der Waals surface area (Å²) in [7, 11) is 1.62. The number of methoxy groups -OCH3 is 1. The zero-order valence-corrected chi connectivity index (χ0v) is 9.05. The molecule has 0 spiro atoms. The lowest BCUT2D eigenvalue weighted by Gasteiger charge is -2.40. The van der Waals surface area contributed by atoms with Crippen molar-refractivity contribution in [1.29, 1.82) is 0 Å². The summed E-state index contributed by atoms with van der Waals surface area (Å²) in [4.78, 5) is 0. The second-order valence-corrected chi connectivity index (χ2v) is 4.45. The Morgan fingerprint density at radius 1 is 1.23 bits per heavy atom. The van der Waals surface area contributed by atoms with Crippen LogP contribution in [0, 0.1) is 11.8 Å². The second-order valence-electron chi connectivity index (χ2n) is 4.45. The number of rotatable bonds is 3. The molecule has 0 aromatic rings. The summed E-state index contributed by atoms with van der Waals surface area (Å²) in [5.41, 5.74) is 0. The third-order valence-corrected chi connectivity index (χ3v) is 3.34. The molecule has 1 saturated carbocycles. The molecule has 1 atom stereocenters. The van der Waals surface area contributed by atoms with Crippen LogP contribution < -0.4 is 0 Å². The average Bonchev–Trinajstić information content (AvgIpc) is 2.17. The third-order valence-electron chi connectivity index (χ3n) is 3.34. The topological polar surface area (TPSA) is 29.5 Å². The van der Waals surface area contributed by atoms with Crippen LogP contribution in [0.5, 0.6) is 0 Å². The molecule has 0 aromatic carbocycles. The standard InChI is InChI=1S/C11H22O2/c1-9(2)11(12,13-3)10-7-5-4-6-8-10/h9-10,12H,4-8H2,1-3H3. The van der Waals surface area contributed by atoms with E-state index >= 15 is 0 Å². The predicted octanol–water partition coefficient (Wildman–Crippen LogP) is 2.56. The molecule has 0 bridgehead atoms. The van der Waals surface area contributed by atoms with Gasteiger partial charge in [0, 0.05) is 18.9 Å². The van der Waals surface area contributed by atoms with Crippen molar-refractivity contribution >= 4 is 0 Å². The number of hydrogen-bond acceptors (Lipinski definition) is 2. The molecule has 1 aliphatic carbocycles. The van der Waals surface area contributed by atoms with Gasteiger partial charge < -0.3 is 9.84 Å². The first-order chi connectivity index (χ1) is 6.11. The summed E-state index contributed by atoms with van der Waals surface area (Å²) >= 11 is 0. The first-order valence-electron chi connectivity index (χ1n) is 5.38. The van der Waals surface area contributed by atoms with E-state index in [1.807, 2.05) is 13.8 Å². The highest BCUT2D eigenvalue weighted by Crippen LogP contribution is 2.37. The minimum atomic E-state index is -0.888. The van der Waals surface area contributed by atoms with Crippen LogP contribution in [0.3, 0.4) is 0 Å². The molecule has 1 aliphatic rings. The van der Waals surface area contributed by atoms with E-state index in [4.69, 9.17) is 4.74 Å². The molecule has 0 aliphatic heterocycles. The zero-order chi connectivity index (χ0) is 9.90. The Hall–Kier alpha value is -0.0800. The van der Waals surface area contributed by atoms with Gasteiger partial charge >= 0.3 is 0 Å². The maximum atomic E-state index is 10.3. The van der Waals surface area contributed by atoms with Crippen LogP contribution in [0.25, 0.3) is 0 Å². The molecule has 2 nitrogen and oxygen atoms in total. The Balaban J connectivity index is 2.62. The van der Waals surface area contributed by atoms with Crippen LogP contribution in [0.4, 0.5) is 0 Å². The first kappa shape index (κ1) is 11.0. The van der Waals surface area contributed by atoms with E-state index in [0.717, 1.165) is 12.8 Å². The van der Waals surface area contributed by atoms with Crippen LogP contribution in [0.1, 0.15) is 46.0 Å². The lowest BCUT2D eigenvalue weighted by atomic mass is 9.78. The van der Waals surface area contributed by atoms with E-state index in [2.05, 4.69) is 0 Å². The van der Waals surface area contributed by atoms with Gasteiger partial charge in [-0.25, -0.2) is 0 Å². The van der Waals surface area contributed by atoms with E-state index in [0.29, 0.717) is 5.92 Å². The van der Waals surface area contributed by atoms with Crippen molar-refractivity contribution in [2.24, 2.45) is 11.8 Å². The smallest absolute Gasteiger partial charge is 0.170 e. The minimum Gasteiger partial charge on any atom is -0.365 e. The lowest BCUT2D eigenvalue weighted by Crippen LogP contribution is -2.45. The van der Waals surface area contributed by atoms with Crippen LogP contribution in [0.2, 0.25) is 0 Å². The lowest BCUT2D eigenvalue weighted by molar-refractivity contribution is -0.253. The molecular weight excluding hydrogens is 164 g/mol. The highest BCUT2D eigenvalue weighted by atomic mass is 16.6. The maximum absolute atomic E-state index is 10.3. The molecule has 1 fully saturated rings. The van der Waals surface area contributed by atoms with Gasteiger partial charge in [-0.1, -0.05) is 33.1 Å². The molecule has 1 N–H and O–H groups in total. The van der Waals surface area contributed by atoms with Crippen molar-refractivity contribution in [3.63, 3.8) is 0 Å². The van der Waals surface area contributed by atoms with Gasteiger partial charge in [-0.2, -0.15) is 0 Å². The van der Waals surface area contributed by atoms with E-state index in [1.165, 1.54) is 19.3 Å². The first-order valence-corrected chi connectivity index (χ1v) is 5.38. The average molecular weight is 186 g/mol. The number of hydrogen-bond donors (Lipinski definition) is 1. The van der Waals surface area contributed by atoms with E-state index in [9.17, 15) is 5.11 Å². The normalized spacial score (nSPS) is 24.7. The number of ether oxygens (including phenoxy) is 1. The SMILES string of the molecule is COC(O)(C(C)C)C1CCCCC1. The zero-order valence-electron chi connectivity index (χ0n) is 9.05. The van der Waals surface area contributed by atoms with Gasteiger partial charge in [0.05, 0.1) is 0 Å². The van der Waals surface area contributed by atoms with Crippen LogP contribution in [-0.2, 0) is 4.74 Å². The minimum absolute atomic E-state index is 0.181. The van der Waals surface area contributed by atoms with Crippen molar-refractivity contribution in [1.82, 2.24) is 0 Å². The van der Waals surface area contributed by atoms with Gasteiger partial charge in [0.1, 0.15) is 0 Å². The molecule has 13 heavy (non-hydrogen) atoms. The molecule has 78 valence electrons. The van der Waals surface area contributed by atoms with Crippen molar-refractivity contribution in [2.75, 3.05) is 7.11 Å². The molecule has 0 amide bonds. The molecule has 2 heteroatoms. The molecule has 0 radical (unpaired) electrons. The molecule has 0 aromatic heterocycles. The van der Waals surface area contributed by atoms with Gasteiger partial charge in [-0.3, -0.25) is 0 Å². The molecule has 0 heterocycles. The van der Waals surface area contributed by atoms with Gasteiger partial charge in [-0.15, -0.1) is 0 Å². The van der Waals surface area contributed by atoms with Crippen molar-refractivity contribution in [3.8, 4) is 0 Å². The van der Waals surface area contributed by atoms with Crippen LogP contribution in [-0.4, -0.2) is 18.0 Å². The van der Waals surface area contributed by atoms with Crippen molar-refractivity contribution in [3.05, 3.63) is 0 Å². The fraction of sp³-hybridized carbons (Fsp3) is 1.00. The quantitative estimate of drug-likeness (QED) is 0.686. The highest BCUT2D eigenvalue weighted by Gasteiger charge is 2.40. The monoisotopic (exact) mass is 186 g/mol. The highest BCUT2D eigenvalue weighted by molar-refractivity contribution is 4.82. The van der Waals surface area contributed by atoms with Crippen molar-refractivity contribution in [2.45, 2.75) is 51.7 Å². The Bertz CT molecular complexity index is 150. The Morgan fingerprint density at radius 2 is 1.77 bits per heavy atom. The Morgan fingerprint density at radius 3 is 2.15 bits per heavy atom. The maximum Gasteiger partial charge on any atom is 0.170 e. The van der Waals surface area contributed by atoms with E-state index < -0.39 is 5.79 Å². The molecule has 1 unspecified atom stereocenters. The summed E-state index contributed by atoms with van der Waals surface area (Å²) in [6.07, 6.45) is 6.02. The summed E-state index contributed by atoms with van der Waals surface area (Å²) < 4.78 is 5.29. The van der Waals surface area contributed by atoms with Crippen molar-refractivity contribution < 1.29 is 9.84 Å². The fourth-order valence-corrected chi connectivity index (χ4v) is 2.39. The van der Waals surface area contributed by atoms with Gasteiger partial charge in [0.25, 0.3) is 0 Å². The third kappa shape index (κ3) is 2.23. The molecular formula is C11H22O2. The van der Waals surface area contributed by atoms with Gasteiger partial charge in [0.2, 0.25) is 0 Å². The molecule has 0 saturated heterocycles.